The number of aromatic nitrogens is 1. The first-order chi connectivity index (χ1) is 32.4. The number of thiazole rings is 1. The summed E-state index contributed by atoms with van der Waals surface area (Å²) < 4.78 is 12.2. The van der Waals surface area contributed by atoms with Crippen LogP contribution in [-0.2, 0) is 25.7 Å². The molecule has 3 fully saturated rings. The minimum absolute atomic E-state index is 0.00447. The fourth-order valence-corrected chi connectivity index (χ4v) is 11.5. The zero-order chi connectivity index (χ0) is 48.9. The number of benzene rings is 3. The van der Waals surface area contributed by atoms with E-state index in [1.807, 2.05) is 62.7 Å². The molecule has 3 heterocycles. The lowest BCUT2D eigenvalue weighted by Gasteiger charge is -2.63. The average Bonchev–Trinajstić information content (AvgIpc) is 3.94. The van der Waals surface area contributed by atoms with Crippen molar-refractivity contribution in [1.29, 1.82) is 5.26 Å². The predicted octanol–water partition coefficient (Wildman–Crippen LogP) is 6.87. The third-order valence-electron chi connectivity index (χ3n) is 14.0. The second-order valence-corrected chi connectivity index (χ2v) is 21.2. The van der Waals surface area contributed by atoms with Crippen LogP contribution < -0.4 is 20.7 Å². The smallest absolute Gasteiger partial charge is 0.251 e. The summed E-state index contributed by atoms with van der Waals surface area (Å²) in [4.78, 5) is 63.0. The number of nitriles is 1. The van der Waals surface area contributed by atoms with Gasteiger partial charge in [0.25, 0.3) is 5.91 Å². The standard InChI is InChI=1S/C52H64ClN7O7S/c1-31(2)44(48(65)60-28-39(61)24-42(60)47(64)55-27-33-8-10-36(11-9-33)45-32(3)56-30-68-45)57-43(62)29-66-23-22-59-20-18-35(19-21-59)34-12-14-37(15-13-34)46(63)58-49-51(4,5)50(52(49,6)7)67-40-17-16-38(26-54)41(53)25-40/h8-17,25,30-31,35,39,42,44,49-50,61H,18-24,27-29H2,1-7H3,(H,55,64)(H,57,62)(H,58,63)/t39-,42+,44+,49?,50?/m1/s1. The summed E-state index contributed by atoms with van der Waals surface area (Å²) in [6.07, 6.45) is 0.963. The number of nitrogens with one attached hydrogen (secondary N) is 3. The molecule has 2 aliphatic heterocycles. The first kappa shape index (κ1) is 50.5. The molecule has 1 aliphatic carbocycles. The van der Waals surface area contributed by atoms with Crippen molar-refractivity contribution in [1.82, 2.24) is 30.7 Å². The minimum atomic E-state index is -0.894. The number of ether oxygens (including phenoxy) is 2. The molecule has 0 bridgehead atoms. The van der Waals surface area contributed by atoms with Crippen LogP contribution in [0.1, 0.15) is 99.5 Å². The van der Waals surface area contributed by atoms with Gasteiger partial charge in [0.2, 0.25) is 17.7 Å². The molecule has 4 N–H and O–H groups in total. The van der Waals surface area contributed by atoms with Gasteiger partial charge < -0.3 is 40.3 Å². The Morgan fingerprint density at radius 1 is 1.00 bits per heavy atom. The van der Waals surface area contributed by atoms with Crippen LogP contribution >= 0.6 is 22.9 Å². The molecule has 7 rings (SSSR count). The van der Waals surface area contributed by atoms with Gasteiger partial charge in [-0.1, -0.05) is 89.5 Å². The molecular formula is C52H64ClN7O7S. The Hall–Kier alpha value is -5.37. The number of carbonyl (C=O) groups excluding carboxylic acids is 4. The number of amides is 4. The Morgan fingerprint density at radius 3 is 2.31 bits per heavy atom. The van der Waals surface area contributed by atoms with Crippen LogP contribution in [-0.4, -0.2) is 113 Å². The number of piperidine rings is 1. The van der Waals surface area contributed by atoms with E-state index in [9.17, 15) is 29.5 Å². The maximum atomic E-state index is 13.9. The number of hydrogen-bond donors (Lipinski definition) is 4. The summed E-state index contributed by atoms with van der Waals surface area (Å²) in [6, 6.07) is 21.0. The molecule has 0 unspecified atom stereocenters. The molecule has 3 aliphatic rings. The number of carbonyl (C=O) groups is 4. The molecule has 3 aromatic carbocycles. The van der Waals surface area contributed by atoms with Crippen molar-refractivity contribution in [2.45, 2.75) is 111 Å². The average molecular weight is 967 g/mol. The lowest BCUT2D eigenvalue weighted by molar-refractivity contribution is -0.164. The predicted molar refractivity (Wildman–Crippen MR) is 262 cm³/mol. The summed E-state index contributed by atoms with van der Waals surface area (Å²) in [5.74, 6) is -0.645. The van der Waals surface area contributed by atoms with Gasteiger partial charge in [0.1, 0.15) is 36.6 Å². The molecule has 1 saturated carbocycles. The van der Waals surface area contributed by atoms with Crippen LogP contribution in [0.2, 0.25) is 5.02 Å². The van der Waals surface area contributed by atoms with E-state index in [2.05, 4.69) is 71.7 Å². The Balaban J connectivity index is 0.811. The fraction of sp³-hybridized carbons (Fsp3) is 0.500. The number of nitrogens with zero attached hydrogens (tertiary/aromatic N) is 4. The van der Waals surface area contributed by atoms with Crippen LogP contribution in [0.4, 0.5) is 0 Å². The monoisotopic (exact) mass is 965 g/mol. The lowest BCUT2D eigenvalue weighted by atomic mass is 9.49. The number of β-amino-alcohol motifs (C(OH)–C–C–N with tert-alkyl or cyclic N) is 1. The van der Waals surface area contributed by atoms with E-state index >= 15 is 0 Å². The van der Waals surface area contributed by atoms with Gasteiger partial charge in [-0.15, -0.1) is 11.3 Å². The normalized spacial score (nSPS) is 21.6. The highest BCUT2D eigenvalue weighted by atomic mass is 35.5. The molecule has 3 atom stereocenters. The van der Waals surface area contributed by atoms with Crippen molar-refractivity contribution in [3.8, 4) is 22.3 Å². The summed E-state index contributed by atoms with van der Waals surface area (Å²) in [5.41, 5.74) is 6.19. The van der Waals surface area contributed by atoms with Gasteiger partial charge >= 0.3 is 0 Å². The topological polar surface area (TPSA) is 186 Å². The van der Waals surface area contributed by atoms with Gasteiger partial charge in [-0.2, -0.15) is 5.26 Å². The van der Waals surface area contributed by atoms with Crippen molar-refractivity contribution in [3.05, 3.63) is 105 Å². The second kappa shape index (κ2) is 21.5. The highest BCUT2D eigenvalue weighted by Crippen LogP contribution is 2.55. The molecule has 4 aromatic rings. The SMILES string of the molecule is Cc1ncsc1-c1ccc(CNC(=O)[C@@H]2C[C@@H](O)CN2C(=O)[C@@H](NC(=O)COCCN2CCC(c3ccc(C(=O)NC4C(C)(C)C(Oc5ccc(C#N)c(Cl)c5)C4(C)C)cc3)CC2)C(C)C)cc1. The van der Waals surface area contributed by atoms with Crippen molar-refractivity contribution in [2.75, 3.05) is 39.4 Å². The van der Waals surface area contributed by atoms with E-state index in [4.69, 9.17) is 21.1 Å². The molecule has 0 radical (unpaired) electrons. The van der Waals surface area contributed by atoms with E-state index in [0.717, 1.165) is 47.6 Å². The van der Waals surface area contributed by atoms with E-state index in [0.29, 0.717) is 41.0 Å². The molecule has 2 saturated heterocycles. The molecule has 1 aromatic heterocycles. The second-order valence-electron chi connectivity index (χ2n) is 20.0. The van der Waals surface area contributed by atoms with Crippen LogP contribution in [0.3, 0.4) is 0 Å². The molecule has 4 amide bonds. The largest absolute Gasteiger partial charge is 0.489 e. The summed E-state index contributed by atoms with van der Waals surface area (Å²) >= 11 is 7.83. The number of aliphatic hydroxyl groups is 1. The van der Waals surface area contributed by atoms with Crippen LogP contribution in [0.15, 0.2) is 72.2 Å². The van der Waals surface area contributed by atoms with Gasteiger partial charge in [0, 0.05) is 54.6 Å². The number of likely N-dealkylation sites (tertiary alicyclic amines) is 2. The molecule has 68 heavy (non-hydrogen) atoms. The lowest BCUT2D eigenvalue weighted by Crippen LogP contribution is -2.74. The zero-order valence-corrected chi connectivity index (χ0v) is 41.6. The van der Waals surface area contributed by atoms with Crippen LogP contribution in [0, 0.1) is 35.0 Å². The van der Waals surface area contributed by atoms with Crippen molar-refractivity contribution >= 4 is 46.6 Å². The van der Waals surface area contributed by atoms with Crippen molar-refractivity contribution in [3.63, 3.8) is 0 Å². The van der Waals surface area contributed by atoms with E-state index in [1.165, 1.54) is 10.5 Å². The van der Waals surface area contributed by atoms with Gasteiger partial charge in [-0.05, 0) is 85.6 Å². The number of halogens is 1. The van der Waals surface area contributed by atoms with E-state index in [-0.39, 0.29) is 66.8 Å². The molecule has 0 spiro atoms. The van der Waals surface area contributed by atoms with Gasteiger partial charge in [0.15, 0.2) is 0 Å². The van der Waals surface area contributed by atoms with Gasteiger partial charge in [-0.3, -0.25) is 19.2 Å². The Bertz CT molecular complexity index is 2460. The molecule has 362 valence electrons. The Kier molecular flexibility index (Phi) is 16.0. The third-order valence-corrected chi connectivity index (χ3v) is 15.3. The van der Waals surface area contributed by atoms with Gasteiger partial charge in [0.05, 0.1) is 39.4 Å². The summed E-state index contributed by atoms with van der Waals surface area (Å²) in [6.45, 7) is 16.8. The zero-order valence-electron chi connectivity index (χ0n) is 40.0. The molecule has 16 heteroatoms. The molecule has 14 nitrogen and oxygen atoms in total. The Labute approximate surface area is 408 Å². The minimum Gasteiger partial charge on any atom is -0.489 e. The number of aliphatic hydroxyl groups excluding tert-OH is 1. The Morgan fingerprint density at radius 2 is 1.69 bits per heavy atom. The third kappa shape index (κ3) is 11.4. The quantitative estimate of drug-likeness (QED) is 0.0815. The van der Waals surface area contributed by atoms with E-state index < -0.39 is 30.0 Å². The highest BCUT2D eigenvalue weighted by molar-refractivity contribution is 7.13. The van der Waals surface area contributed by atoms with Crippen molar-refractivity contribution in [2.24, 2.45) is 16.7 Å². The number of hydrogen-bond acceptors (Lipinski definition) is 11. The summed E-state index contributed by atoms with van der Waals surface area (Å²) in [5, 5.41) is 29.2. The summed E-state index contributed by atoms with van der Waals surface area (Å²) in [7, 11) is 0. The number of rotatable bonds is 17. The maximum absolute atomic E-state index is 13.9. The van der Waals surface area contributed by atoms with E-state index in [1.54, 1.807) is 29.5 Å². The maximum Gasteiger partial charge on any atom is 0.251 e. The van der Waals surface area contributed by atoms with Gasteiger partial charge in [-0.25, -0.2) is 4.98 Å². The van der Waals surface area contributed by atoms with Crippen LogP contribution in [0.25, 0.3) is 10.4 Å². The first-order valence-corrected chi connectivity index (χ1v) is 24.7. The van der Waals surface area contributed by atoms with Crippen LogP contribution in [0.5, 0.6) is 5.75 Å². The number of aryl methyl sites for hydroxylation is 1. The first-order valence-electron chi connectivity index (χ1n) is 23.5. The fourth-order valence-electron chi connectivity index (χ4n) is 10.4. The molecular weight excluding hydrogens is 902 g/mol. The van der Waals surface area contributed by atoms with Crippen molar-refractivity contribution < 1.29 is 33.8 Å². The highest BCUT2D eigenvalue weighted by Gasteiger charge is 2.64.